The van der Waals surface area contributed by atoms with Crippen LogP contribution < -0.4 is 10.6 Å². The largest absolute Gasteiger partial charge is 0.335 e. The lowest BCUT2D eigenvalue weighted by atomic mass is 9.81. The van der Waals surface area contributed by atoms with E-state index in [4.69, 9.17) is 0 Å². The monoisotopic (exact) mass is 351 g/mol. The van der Waals surface area contributed by atoms with Crippen molar-refractivity contribution >= 4 is 11.7 Å². The zero-order valence-corrected chi connectivity index (χ0v) is 14.9. The lowest BCUT2D eigenvalue weighted by molar-refractivity contribution is 0.0180. The Hall–Kier alpha value is -1.69. The molecule has 2 unspecified atom stereocenters. The van der Waals surface area contributed by atoms with Crippen LogP contribution in [0.15, 0.2) is 18.2 Å². The van der Waals surface area contributed by atoms with Gasteiger partial charge >= 0.3 is 6.03 Å². The molecule has 0 aliphatic carbocycles. The minimum atomic E-state index is -0.765. The first-order valence-electron chi connectivity index (χ1n) is 9.20. The third-order valence-corrected chi connectivity index (χ3v) is 5.22. The van der Waals surface area contributed by atoms with E-state index in [2.05, 4.69) is 29.4 Å². The van der Waals surface area contributed by atoms with Gasteiger partial charge in [0.2, 0.25) is 0 Å². The average molecular weight is 351 g/mol. The molecule has 1 aromatic carbocycles. The van der Waals surface area contributed by atoms with E-state index in [0.29, 0.717) is 18.0 Å². The van der Waals surface area contributed by atoms with E-state index in [0.717, 1.165) is 31.5 Å². The van der Waals surface area contributed by atoms with Gasteiger partial charge in [-0.1, -0.05) is 20.3 Å². The Balaban J connectivity index is 1.57. The molecule has 1 aromatic rings. The maximum atomic E-state index is 13.7. The number of carbonyl (C=O) groups is 1. The lowest BCUT2D eigenvalue weighted by Crippen LogP contribution is -2.58. The normalized spacial score (nSPS) is 26.5. The van der Waals surface area contributed by atoms with Crippen LogP contribution in [0.1, 0.15) is 46.0 Å². The van der Waals surface area contributed by atoms with Gasteiger partial charge in [-0.3, -0.25) is 4.90 Å². The highest BCUT2D eigenvalue weighted by Gasteiger charge is 2.38. The van der Waals surface area contributed by atoms with Crippen molar-refractivity contribution in [2.24, 2.45) is 5.92 Å². The standard InChI is InChI=1S/C19H27F2N3O/c1-12(2)11-24-15-4-3-5-16(24)10-14(9-15)22-19(25)23-18-7-6-13(20)8-17(18)21/h6-8,12,14-16H,3-5,9-11H2,1-2H3,(H2,22,23,25). The van der Waals surface area contributed by atoms with Gasteiger partial charge in [-0.05, 0) is 43.7 Å². The molecule has 2 aliphatic rings. The molecule has 4 nitrogen and oxygen atoms in total. The molecule has 0 spiro atoms. The minimum Gasteiger partial charge on any atom is -0.335 e. The van der Waals surface area contributed by atoms with Gasteiger partial charge in [0.1, 0.15) is 11.6 Å². The van der Waals surface area contributed by atoms with Crippen LogP contribution in [-0.4, -0.2) is 35.6 Å². The number of nitrogens with one attached hydrogen (secondary N) is 2. The lowest BCUT2D eigenvalue weighted by Gasteiger charge is -2.49. The summed E-state index contributed by atoms with van der Waals surface area (Å²) in [6.45, 7) is 5.59. The predicted octanol–water partition coefficient (Wildman–Crippen LogP) is 4.13. The quantitative estimate of drug-likeness (QED) is 0.857. The zero-order valence-electron chi connectivity index (χ0n) is 14.9. The summed E-state index contributed by atoms with van der Waals surface area (Å²) in [4.78, 5) is 14.8. The number of nitrogens with zero attached hydrogens (tertiary/aromatic N) is 1. The van der Waals surface area contributed by atoms with Crippen molar-refractivity contribution in [3.63, 3.8) is 0 Å². The zero-order chi connectivity index (χ0) is 18.0. The molecule has 2 fully saturated rings. The van der Waals surface area contributed by atoms with Gasteiger partial charge in [0.25, 0.3) is 0 Å². The minimum absolute atomic E-state index is 0.00339. The van der Waals surface area contributed by atoms with Gasteiger partial charge in [0.15, 0.2) is 0 Å². The molecule has 2 aliphatic heterocycles. The summed E-state index contributed by atoms with van der Waals surface area (Å²) in [5, 5.41) is 5.46. The van der Waals surface area contributed by atoms with Crippen LogP contribution in [0.5, 0.6) is 0 Å². The summed E-state index contributed by atoms with van der Waals surface area (Å²) in [7, 11) is 0. The van der Waals surface area contributed by atoms with Gasteiger partial charge in [-0.25, -0.2) is 13.6 Å². The number of halogens is 2. The molecule has 2 saturated heterocycles. The van der Waals surface area contributed by atoms with E-state index in [1.54, 1.807) is 0 Å². The number of carbonyl (C=O) groups excluding carboxylic acids is 1. The maximum Gasteiger partial charge on any atom is 0.319 e. The molecular formula is C19H27F2N3O. The molecule has 6 heteroatoms. The maximum absolute atomic E-state index is 13.7. The molecule has 0 radical (unpaired) electrons. The predicted molar refractivity (Wildman–Crippen MR) is 94.5 cm³/mol. The van der Waals surface area contributed by atoms with Crippen molar-refractivity contribution in [3.05, 3.63) is 29.8 Å². The smallest absolute Gasteiger partial charge is 0.319 e. The molecule has 0 saturated carbocycles. The Morgan fingerprint density at radius 2 is 1.92 bits per heavy atom. The van der Waals surface area contributed by atoms with E-state index < -0.39 is 17.7 Å². The van der Waals surface area contributed by atoms with Crippen LogP contribution in [0, 0.1) is 17.6 Å². The second-order valence-electron chi connectivity index (χ2n) is 7.72. The number of amides is 2. The van der Waals surface area contributed by atoms with Crippen molar-refractivity contribution in [2.75, 3.05) is 11.9 Å². The summed E-state index contributed by atoms with van der Waals surface area (Å²) in [6, 6.07) is 3.85. The molecular weight excluding hydrogens is 324 g/mol. The summed E-state index contributed by atoms with van der Waals surface area (Å²) >= 11 is 0. The van der Waals surface area contributed by atoms with E-state index in [9.17, 15) is 13.6 Å². The van der Waals surface area contributed by atoms with Crippen molar-refractivity contribution in [1.29, 1.82) is 0 Å². The Morgan fingerprint density at radius 3 is 2.52 bits per heavy atom. The summed E-state index contributed by atoms with van der Waals surface area (Å²) in [6.07, 6.45) is 5.47. The molecule has 0 aromatic heterocycles. The third kappa shape index (κ3) is 4.48. The Kier molecular flexibility index (Phi) is 5.57. The molecule has 3 rings (SSSR count). The van der Waals surface area contributed by atoms with Crippen molar-refractivity contribution in [3.8, 4) is 0 Å². The second kappa shape index (κ2) is 7.68. The van der Waals surface area contributed by atoms with E-state index in [-0.39, 0.29) is 11.7 Å². The van der Waals surface area contributed by atoms with Crippen molar-refractivity contribution < 1.29 is 13.6 Å². The summed E-state index contributed by atoms with van der Waals surface area (Å²) < 4.78 is 26.6. The number of piperidine rings is 2. The SMILES string of the molecule is CC(C)CN1C2CCCC1CC(NC(=O)Nc1ccc(F)cc1F)C2. The van der Waals surface area contributed by atoms with Crippen LogP contribution in [0.4, 0.5) is 19.3 Å². The van der Waals surface area contributed by atoms with Gasteiger partial charge in [0, 0.05) is 30.7 Å². The molecule has 2 amide bonds. The van der Waals surface area contributed by atoms with Gasteiger partial charge in [-0.15, -0.1) is 0 Å². The number of hydrogen-bond acceptors (Lipinski definition) is 2. The fourth-order valence-corrected chi connectivity index (χ4v) is 4.25. The number of rotatable bonds is 4. The first kappa shape index (κ1) is 18.1. The summed E-state index contributed by atoms with van der Waals surface area (Å²) in [5.41, 5.74) is -0.00339. The van der Waals surface area contributed by atoms with Crippen molar-refractivity contribution in [2.45, 2.75) is 64.1 Å². The fourth-order valence-electron chi connectivity index (χ4n) is 4.25. The van der Waals surface area contributed by atoms with Gasteiger partial charge < -0.3 is 10.6 Å². The van der Waals surface area contributed by atoms with Gasteiger partial charge in [-0.2, -0.15) is 0 Å². The summed E-state index contributed by atoms with van der Waals surface area (Å²) in [5.74, 6) is -0.787. The number of urea groups is 1. The Morgan fingerprint density at radius 1 is 1.24 bits per heavy atom. The second-order valence-corrected chi connectivity index (χ2v) is 7.72. The molecule has 25 heavy (non-hydrogen) atoms. The van der Waals surface area contributed by atoms with E-state index in [1.165, 1.54) is 25.3 Å². The van der Waals surface area contributed by atoms with Crippen LogP contribution >= 0.6 is 0 Å². The Labute approximate surface area is 148 Å². The molecule has 138 valence electrons. The molecule has 2 bridgehead atoms. The topological polar surface area (TPSA) is 44.4 Å². The number of benzene rings is 1. The molecule has 2 heterocycles. The number of fused-ring (bicyclic) bond motifs is 2. The van der Waals surface area contributed by atoms with Crippen LogP contribution in [-0.2, 0) is 0 Å². The van der Waals surface area contributed by atoms with Gasteiger partial charge in [0.05, 0.1) is 5.69 Å². The highest BCUT2D eigenvalue weighted by Crippen LogP contribution is 2.34. The van der Waals surface area contributed by atoms with E-state index >= 15 is 0 Å². The van der Waals surface area contributed by atoms with E-state index in [1.807, 2.05) is 0 Å². The fraction of sp³-hybridized carbons (Fsp3) is 0.632. The first-order valence-corrected chi connectivity index (χ1v) is 9.20. The molecule has 2 N–H and O–H groups in total. The molecule has 2 atom stereocenters. The van der Waals surface area contributed by atoms with Crippen LogP contribution in [0.2, 0.25) is 0 Å². The van der Waals surface area contributed by atoms with Crippen molar-refractivity contribution in [1.82, 2.24) is 10.2 Å². The Bertz CT molecular complexity index is 609. The number of hydrogen-bond donors (Lipinski definition) is 2. The van der Waals surface area contributed by atoms with Crippen LogP contribution in [0.25, 0.3) is 0 Å². The highest BCUT2D eigenvalue weighted by molar-refractivity contribution is 5.89. The van der Waals surface area contributed by atoms with Crippen LogP contribution in [0.3, 0.4) is 0 Å². The average Bonchev–Trinajstić information content (AvgIpc) is 2.50. The third-order valence-electron chi connectivity index (χ3n) is 5.22. The highest BCUT2D eigenvalue weighted by atomic mass is 19.1. The first-order chi connectivity index (χ1) is 11.9. The number of anilines is 1.